The number of aryl methyl sites for hydroxylation is 1. The Kier molecular flexibility index (Phi) is 5.86. The van der Waals surface area contributed by atoms with E-state index in [1.807, 2.05) is 56.3 Å². The van der Waals surface area contributed by atoms with Gasteiger partial charge in [-0.3, -0.25) is 9.78 Å². The maximum absolute atomic E-state index is 12.6. The highest BCUT2D eigenvalue weighted by atomic mass is 16.5. The average Bonchev–Trinajstić information content (AvgIpc) is 3.07. The summed E-state index contributed by atoms with van der Waals surface area (Å²) in [7, 11) is 0. The zero-order valence-electron chi connectivity index (χ0n) is 15.7. The van der Waals surface area contributed by atoms with Gasteiger partial charge >= 0.3 is 0 Å². The Bertz CT molecular complexity index is 904. The highest BCUT2D eigenvalue weighted by Crippen LogP contribution is 2.22. The minimum absolute atomic E-state index is 0.0928. The van der Waals surface area contributed by atoms with Crippen LogP contribution in [0.3, 0.4) is 0 Å². The zero-order chi connectivity index (χ0) is 19.2. The Morgan fingerprint density at radius 2 is 2.07 bits per heavy atom. The van der Waals surface area contributed by atoms with E-state index in [9.17, 15) is 4.79 Å². The molecule has 0 bridgehead atoms. The minimum Gasteiger partial charge on any atom is -0.487 e. The molecule has 3 aromatic rings. The zero-order valence-corrected chi connectivity index (χ0v) is 15.7. The first kappa shape index (κ1) is 18.6. The van der Waals surface area contributed by atoms with E-state index in [0.29, 0.717) is 30.2 Å². The molecule has 140 valence electrons. The molecule has 0 saturated carbocycles. The predicted molar refractivity (Wildman–Crippen MR) is 102 cm³/mol. The van der Waals surface area contributed by atoms with Crippen molar-refractivity contribution in [3.8, 4) is 5.75 Å². The van der Waals surface area contributed by atoms with Gasteiger partial charge in [-0.1, -0.05) is 37.2 Å². The van der Waals surface area contributed by atoms with Crippen molar-refractivity contribution >= 4 is 5.91 Å². The van der Waals surface area contributed by atoms with E-state index >= 15 is 0 Å². The molecule has 0 aliphatic rings. The van der Waals surface area contributed by atoms with Crippen molar-refractivity contribution in [1.82, 2.24) is 15.5 Å². The van der Waals surface area contributed by atoms with Crippen LogP contribution in [-0.2, 0) is 13.2 Å². The molecule has 0 unspecified atom stereocenters. The van der Waals surface area contributed by atoms with Gasteiger partial charge in [0.1, 0.15) is 17.9 Å². The largest absolute Gasteiger partial charge is 0.487 e. The third-order valence-corrected chi connectivity index (χ3v) is 4.10. The molecule has 0 atom stereocenters. The van der Waals surface area contributed by atoms with Crippen LogP contribution in [0.25, 0.3) is 0 Å². The number of amides is 1. The number of ether oxygens (including phenoxy) is 1. The van der Waals surface area contributed by atoms with Gasteiger partial charge in [-0.05, 0) is 36.8 Å². The molecule has 1 aromatic carbocycles. The molecule has 0 radical (unpaired) electrons. The van der Waals surface area contributed by atoms with E-state index in [0.717, 1.165) is 17.0 Å². The van der Waals surface area contributed by atoms with Gasteiger partial charge in [0, 0.05) is 18.7 Å². The van der Waals surface area contributed by atoms with Crippen LogP contribution < -0.4 is 10.1 Å². The molecule has 0 aliphatic carbocycles. The van der Waals surface area contributed by atoms with Gasteiger partial charge in [-0.25, -0.2) is 0 Å². The standard InChI is InChI=1S/C21H23N3O3/c1-14(2)20-19(15(3)24-27-20)21(25)23-12-16-7-6-9-18(11-16)26-13-17-8-4-5-10-22-17/h4-11,14H,12-13H2,1-3H3,(H,23,25). The van der Waals surface area contributed by atoms with Crippen LogP contribution in [0.15, 0.2) is 53.2 Å². The number of nitrogens with one attached hydrogen (secondary N) is 1. The van der Waals surface area contributed by atoms with E-state index in [2.05, 4.69) is 15.5 Å². The molecule has 0 saturated heterocycles. The summed E-state index contributed by atoms with van der Waals surface area (Å²) in [4.78, 5) is 16.8. The molecule has 2 heterocycles. The van der Waals surface area contributed by atoms with Gasteiger partial charge in [0.15, 0.2) is 5.76 Å². The Hall–Kier alpha value is -3.15. The summed E-state index contributed by atoms with van der Waals surface area (Å²) in [6, 6.07) is 13.3. The third kappa shape index (κ3) is 4.73. The number of hydrogen-bond acceptors (Lipinski definition) is 5. The van der Waals surface area contributed by atoms with Crippen molar-refractivity contribution in [3.63, 3.8) is 0 Å². The van der Waals surface area contributed by atoms with Crippen LogP contribution >= 0.6 is 0 Å². The lowest BCUT2D eigenvalue weighted by molar-refractivity contribution is 0.0947. The van der Waals surface area contributed by atoms with Crippen LogP contribution in [0.1, 0.15) is 52.8 Å². The molecule has 2 aromatic heterocycles. The maximum Gasteiger partial charge on any atom is 0.257 e. The number of aromatic nitrogens is 2. The average molecular weight is 365 g/mol. The Labute approximate surface area is 158 Å². The molecular formula is C21H23N3O3. The lowest BCUT2D eigenvalue weighted by Crippen LogP contribution is -2.24. The first-order valence-electron chi connectivity index (χ1n) is 8.90. The number of rotatable bonds is 7. The van der Waals surface area contributed by atoms with Gasteiger partial charge < -0.3 is 14.6 Å². The summed E-state index contributed by atoms with van der Waals surface area (Å²) in [5.41, 5.74) is 2.93. The normalized spacial score (nSPS) is 10.8. The molecular weight excluding hydrogens is 342 g/mol. The van der Waals surface area contributed by atoms with Gasteiger partial charge in [-0.2, -0.15) is 0 Å². The van der Waals surface area contributed by atoms with Crippen LogP contribution in [-0.4, -0.2) is 16.0 Å². The van der Waals surface area contributed by atoms with Crippen molar-refractivity contribution < 1.29 is 14.1 Å². The highest BCUT2D eigenvalue weighted by Gasteiger charge is 2.22. The van der Waals surface area contributed by atoms with Gasteiger partial charge in [0.05, 0.1) is 11.4 Å². The SMILES string of the molecule is Cc1noc(C(C)C)c1C(=O)NCc1cccc(OCc2ccccn2)c1. The summed E-state index contributed by atoms with van der Waals surface area (Å²) < 4.78 is 11.1. The van der Waals surface area contributed by atoms with Gasteiger partial charge in [0.2, 0.25) is 0 Å². The van der Waals surface area contributed by atoms with Gasteiger partial charge in [-0.15, -0.1) is 0 Å². The molecule has 0 spiro atoms. The van der Waals surface area contributed by atoms with E-state index in [1.165, 1.54) is 0 Å². The number of pyridine rings is 1. The molecule has 6 nitrogen and oxygen atoms in total. The Balaban J connectivity index is 1.61. The van der Waals surface area contributed by atoms with E-state index in [-0.39, 0.29) is 11.8 Å². The fraction of sp³-hybridized carbons (Fsp3) is 0.286. The van der Waals surface area contributed by atoms with Crippen molar-refractivity contribution in [2.45, 2.75) is 39.8 Å². The quantitative estimate of drug-likeness (QED) is 0.684. The van der Waals surface area contributed by atoms with Crippen LogP contribution in [0.5, 0.6) is 5.75 Å². The summed E-state index contributed by atoms with van der Waals surface area (Å²) >= 11 is 0. The molecule has 27 heavy (non-hydrogen) atoms. The topological polar surface area (TPSA) is 77.2 Å². The number of nitrogens with zero attached hydrogens (tertiary/aromatic N) is 2. The summed E-state index contributed by atoms with van der Waals surface area (Å²) in [5.74, 6) is 1.25. The Morgan fingerprint density at radius 3 is 2.81 bits per heavy atom. The number of benzene rings is 1. The maximum atomic E-state index is 12.6. The van der Waals surface area contributed by atoms with Gasteiger partial charge in [0.25, 0.3) is 5.91 Å². The molecule has 1 amide bonds. The molecule has 6 heteroatoms. The molecule has 0 aliphatic heterocycles. The first-order chi connectivity index (χ1) is 13.0. The Morgan fingerprint density at radius 1 is 1.22 bits per heavy atom. The number of carbonyl (C=O) groups excluding carboxylic acids is 1. The lowest BCUT2D eigenvalue weighted by atomic mass is 10.0. The smallest absolute Gasteiger partial charge is 0.257 e. The second-order valence-electron chi connectivity index (χ2n) is 6.60. The first-order valence-corrected chi connectivity index (χ1v) is 8.90. The fourth-order valence-corrected chi connectivity index (χ4v) is 2.71. The van der Waals surface area contributed by atoms with Crippen LogP contribution in [0.4, 0.5) is 0 Å². The molecule has 1 N–H and O–H groups in total. The summed E-state index contributed by atoms with van der Waals surface area (Å²) in [5, 5.41) is 6.85. The predicted octanol–water partition coefficient (Wildman–Crippen LogP) is 4.01. The lowest BCUT2D eigenvalue weighted by Gasteiger charge is -2.10. The van der Waals surface area contributed by atoms with Crippen molar-refractivity contribution in [2.24, 2.45) is 0 Å². The fourth-order valence-electron chi connectivity index (χ4n) is 2.71. The summed E-state index contributed by atoms with van der Waals surface area (Å²) in [6.07, 6.45) is 1.74. The van der Waals surface area contributed by atoms with E-state index in [4.69, 9.17) is 9.26 Å². The second kappa shape index (κ2) is 8.49. The highest BCUT2D eigenvalue weighted by molar-refractivity contribution is 5.96. The van der Waals surface area contributed by atoms with E-state index in [1.54, 1.807) is 13.1 Å². The number of carbonyl (C=O) groups is 1. The minimum atomic E-state index is -0.183. The third-order valence-electron chi connectivity index (χ3n) is 4.10. The second-order valence-corrected chi connectivity index (χ2v) is 6.60. The number of hydrogen-bond donors (Lipinski definition) is 1. The monoisotopic (exact) mass is 365 g/mol. The molecule has 0 fully saturated rings. The summed E-state index contributed by atoms with van der Waals surface area (Å²) in [6.45, 7) is 6.50. The van der Waals surface area contributed by atoms with Crippen LogP contribution in [0, 0.1) is 6.92 Å². The van der Waals surface area contributed by atoms with Crippen molar-refractivity contribution in [2.75, 3.05) is 0 Å². The van der Waals surface area contributed by atoms with Crippen molar-refractivity contribution in [3.05, 3.63) is 76.9 Å². The van der Waals surface area contributed by atoms with Crippen LogP contribution in [0.2, 0.25) is 0 Å². The van der Waals surface area contributed by atoms with E-state index < -0.39 is 0 Å². The van der Waals surface area contributed by atoms with Crippen molar-refractivity contribution in [1.29, 1.82) is 0 Å². The molecule has 3 rings (SSSR count).